The number of aromatic hydroxyl groups is 1. The molecule has 1 saturated carbocycles. The summed E-state index contributed by atoms with van der Waals surface area (Å²) in [5, 5.41) is 18.9. The largest absolute Gasteiger partial charge is 0.507 e. The van der Waals surface area contributed by atoms with Crippen LogP contribution in [0.25, 0.3) is 10.8 Å². The van der Waals surface area contributed by atoms with Gasteiger partial charge in [-0.2, -0.15) is 5.10 Å². The van der Waals surface area contributed by atoms with E-state index in [2.05, 4.69) is 15.8 Å². The number of nitrogens with zero attached hydrogens (tertiary/aromatic N) is 1. The molecule has 0 radical (unpaired) electrons. The lowest BCUT2D eigenvalue weighted by Gasteiger charge is -2.08. The second-order valence-electron chi connectivity index (χ2n) is 7.20. The average Bonchev–Trinajstić information content (AvgIpc) is 3.57. The van der Waals surface area contributed by atoms with Crippen molar-refractivity contribution in [1.29, 1.82) is 0 Å². The summed E-state index contributed by atoms with van der Waals surface area (Å²) in [4.78, 5) is 24.4. The number of anilines is 1. The molecule has 29 heavy (non-hydrogen) atoms. The Kier molecular flexibility index (Phi) is 4.99. The maximum Gasteiger partial charge on any atom is 0.275 e. The third-order valence-electron chi connectivity index (χ3n) is 4.93. The lowest BCUT2D eigenvalue weighted by molar-refractivity contribution is -0.117. The van der Waals surface area contributed by atoms with Gasteiger partial charge in [0.05, 0.1) is 11.3 Å². The number of carbonyl (C=O) groups is 2. The number of benzene rings is 3. The molecule has 3 aromatic carbocycles. The van der Waals surface area contributed by atoms with Crippen LogP contribution in [-0.2, 0) is 4.79 Å². The van der Waals surface area contributed by atoms with Gasteiger partial charge in [0.2, 0.25) is 5.91 Å². The fraction of sp³-hybridized carbons (Fsp3) is 0.174. The van der Waals surface area contributed by atoms with E-state index in [1.54, 1.807) is 19.1 Å². The standard InChI is InChI=1S/C23H21N3O3/c1-14(16-7-4-8-19(11-16)24-22(28)15-9-10-15)25-26-23(29)20-12-17-5-2-3-6-18(17)13-21(20)27/h2-8,11-13,15,27H,9-10H2,1H3,(H,24,28)(H,26,29)/b25-14+. The second-order valence-corrected chi connectivity index (χ2v) is 7.20. The van der Waals surface area contributed by atoms with Gasteiger partial charge in [0.25, 0.3) is 5.91 Å². The van der Waals surface area contributed by atoms with Crippen LogP contribution in [0.5, 0.6) is 5.75 Å². The van der Waals surface area contributed by atoms with Crippen LogP contribution in [0.3, 0.4) is 0 Å². The predicted octanol–water partition coefficient (Wildman–Crippen LogP) is 4.05. The normalized spacial score (nSPS) is 13.9. The van der Waals surface area contributed by atoms with Gasteiger partial charge < -0.3 is 10.4 Å². The predicted molar refractivity (Wildman–Crippen MR) is 113 cm³/mol. The minimum atomic E-state index is -0.495. The maximum atomic E-state index is 12.5. The van der Waals surface area contributed by atoms with Gasteiger partial charge in [-0.1, -0.05) is 36.4 Å². The van der Waals surface area contributed by atoms with Gasteiger partial charge in [-0.15, -0.1) is 0 Å². The molecule has 0 spiro atoms. The van der Waals surface area contributed by atoms with Crippen LogP contribution in [-0.4, -0.2) is 22.6 Å². The highest BCUT2D eigenvalue weighted by Crippen LogP contribution is 2.30. The molecule has 6 nitrogen and oxygen atoms in total. The van der Waals surface area contributed by atoms with Gasteiger partial charge in [0.15, 0.2) is 0 Å². The van der Waals surface area contributed by atoms with Crippen LogP contribution in [0.15, 0.2) is 65.8 Å². The van der Waals surface area contributed by atoms with E-state index in [0.717, 1.165) is 29.2 Å². The van der Waals surface area contributed by atoms with Crippen molar-refractivity contribution in [3.05, 3.63) is 71.8 Å². The van der Waals surface area contributed by atoms with Gasteiger partial charge in [-0.05, 0) is 60.4 Å². The third kappa shape index (κ3) is 4.27. The monoisotopic (exact) mass is 387 g/mol. The molecule has 0 aromatic heterocycles. The molecule has 3 N–H and O–H groups in total. The highest BCUT2D eigenvalue weighted by Gasteiger charge is 2.29. The Morgan fingerprint density at radius 2 is 1.72 bits per heavy atom. The number of phenolic OH excluding ortho intramolecular Hbond substituents is 1. The number of hydrogen-bond donors (Lipinski definition) is 3. The fourth-order valence-corrected chi connectivity index (χ4v) is 3.08. The zero-order valence-electron chi connectivity index (χ0n) is 16.0. The Labute approximate surface area is 168 Å². The van der Waals surface area contributed by atoms with Crippen molar-refractivity contribution < 1.29 is 14.7 Å². The van der Waals surface area contributed by atoms with Crippen molar-refractivity contribution in [2.45, 2.75) is 19.8 Å². The van der Waals surface area contributed by atoms with Crippen molar-refractivity contribution in [3.8, 4) is 5.75 Å². The van der Waals surface area contributed by atoms with E-state index in [1.165, 1.54) is 0 Å². The maximum absolute atomic E-state index is 12.5. The quantitative estimate of drug-likeness (QED) is 0.456. The number of hydrogen-bond acceptors (Lipinski definition) is 4. The van der Waals surface area contributed by atoms with Gasteiger partial charge >= 0.3 is 0 Å². The molecule has 1 fully saturated rings. The summed E-state index contributed by atoms with van der Waals surface area (Å²) in [7, 11) is 0. The van der Waals surface area contributed by atoms with E-state index in [9.17, 15) is 14.7 Å². The summed E-state index contributed by atoms with van der Waals surface area (Å²) in [5.41, 5.74) is 4.72. The minimum Gasteiger partial charge on any atom is -0.507 e. The smallest absolute Gasteiger partial charge is 0.275 e. The highest BCUT2D eigenvalue weighted by molar-refractivity contribution is 6.04. The first-order valence-corrected chi connectivity index (χ1v) is 9.49. The van der Waals surface area contributed by atoms with E-state index in [0.29, 0.717) is 11.4 Å². The number of nitrogens with one attached hydrogen (secondary N) is 2. The summed E-state index contributed by atoms with van der Waals surface area (Å²) in [6, 6.07) is 18.0. The Morgan fingerprint density at radius 1 is 1.00 bits per heavy atom. The van der Waals surface area contributed by atoms with Crippen molar-refractivity contribution >= 4 is 34.0 Å². The van der Waals surface area contributed by atoms with Crippen LogP contribution in [0.2, 0.25) is 0 Å². The lowest BCUT2D eigenvalue weighted by atomic mass is 10.1. The molecule has 3 aromatic rings. The first-order valence-electron chi connectivity index (χ1n) is 9.49. The summed E-state index contributed by atoms with van der Waals surface area (Å²) < 4.78 is 0. The highest BCUT2D eigenvalue weighted by atomic mass is 16.3. The lowest BCUT2D eigenvalue weighted by Crippen LogP contribution is -2.19. The molecule has 0 atom stereocenters. The first kappa shape index (κ1) is 18.7. The third-order valence-corrected chi connectivity index (χ3v) is 4.93. The second kappa shape index (κ2) is 7.75. The van der Waals surface area contributed by atoms with Crippen LogP contribution < -0.4 is 10.7 Å². The molecule has 6 heteroatoms. The number of fused-ring (bicyclic) bond motifs is 1. The molecule has 0 saturated heterocycles. The first-order chi connectivity index (χ1) is 14.0. The molecular formula is C23H21N3O3. The molecule has 0 bridgehead atoms. The van der Waals surface area contributed by atoms with Crippen molar-refractivity contribution in [3.63, 3.8) is 0 Å². The zero-order valence-corrected chi connectivity index (χ0v) is 16.0. The Hall–Kier alpha value is -3.67. The van der Waals surface area contributed by atoms with E-state index in [4.69, 9.17) is 0 Å². The molecule has 1 aliphatic carbocycles. The number of hydrazone groups is 1. The minimum absolute atomic E-state index is 0.0387. The molecule has 4 rings (SSSR count). The Morgan fingerprint density at radius 3 is 2.45 bits per heavy atom. The van der Waals surface area contributed by atoms with Gasteiger partial charge in [-0.3, -0.25) is 9.59 Å². The van der Waals surface area contributed by atoms with E-state index >= 15 is 0 Å². The number of phenols is 1. The van der Waals surface area contributed by atoms with Crippen LogP contribution >= 0.6 is 0 Å². The van der Waals surface area contributed by atoms with E-state index in [1.807, 2.05) is 48.5 Å². The molecule has 2 amide bonds. The van der Waals surface area contributed by atoms with Gasteiger partial charge in [0, 0.05) is 11.6 Å². The van der Waals surface area contributed by atoms with E-state index < -0.39 is 5.91 Å². The topological polar surface area (TPSA) is 90.8 Å². The summed E-state index contributed by atoms with van der Waals surface area (Å²) in [6.07, 6.45) is 1.89. The van der Waals surface area contributed by atoms with Crippen molar-refractivity contribution in [2.24, 2.45) is 11.0 Å². The van der Waals surface area contributed by atoms with Crippen LogP contribution in [0.1, 0.15) is 35.7 Å². The van der Waals surface area contributed by atoms with Crippen molar-refractivity contribution in [1.82, 2.24) is 5.43 Å². The van der Waals surface area contributed by atoms with E-state index in [-0.39, 0.29) is 23.1 Å². The summed E-state index contributed by atoms with van der Waals surface area (Å²) in [5.74, 6) is -0.427. The molecule has 0 unspecified atom stereocenters. The average molecular weight is 387 g/mol. The molecule has 0 heterocycles. The molecule has 146 valence electrons. The Bertz CT molecular complexity index is 1130. The number of amides is 2. The molecule has 0 aliphatic heterocycles. The summed E-state index contributed by atoms with van der Waals surface area (Å²) >= 11 is 0. The SMILES string of the molecule is C/C(=N\NC(=O)c1cc2ccccc2cc1O)c1cccc(NC(=O)C2CC2)c1. The Balaban J connectivity index is 1.49. The number of rotatable bonds is 5. The summed E-state index contributed by atoms with van der Waals surface area (Å²) in [6.45, 7) is 1.77. The van der Waals surface area contributed by atoms with Crippen LogP contribution in [0, 0.1) is 5.92 Å². The van der Waals surface area contributed by atoms with Gasteiger partial charge in [-0.25, -0.2) is 5.43 Å². The molecule has 1 aliphatic rings. The van der Waals surface area contributed by atoms with Crippen LogP contribution in [0.4, 0.5) is 5.69 Å². The number of carbonyl (C=O) groups excluding carboxylic acids is 2. The van der Waals surface area contributed by atoms with Gasteiger partial charge in [0.1, 0.15) is 5.75 Å². The fourth-order valence-electron chi connectivity index (χ4n) is 3.08. The van der Waals surface area contributed by atoms with Crippen molar-refractivity contribution in [2.75, 3.05) is 5.32 Å². The molecular weight excluding hydrogens is 366 g/mol. The zero-order chi connectivity index (χ0) is 20.4.